The summed E-state index contributed by atoms with van der Waals surface area (Å²) in [7, 11) is 0. The molecule has 1 heterocycles. The fourth-order valence-electron chi connectivity index (χ4n) is 2.37. The van der Waals surface area contributed by atoms with Crippen LogP contribution in [0, 0.1) is 5.92 Å². The summed E-state index contributed by atoms with van der Waals surface area (Å²) in [5, 5.41) is 6.68. The zero-order chi connectivity index (χ0) is 13.5. The molecule has 1 unspecified atom stereocenters. The van der Waals surface area contributed by atoms with E-state index in [0.29, 0.717) is 12.5 Å². The van der Waals surface area contributed by atoms with Gasteiger partial charge in [-0.1, -0.05) is 18.2 Å². The first kappa shape index (κ1) is 14.2. The van der Waals surface area contributed by atoms with E-state index in [2.05, 4.69) is 15.4 Å². The summed E-state index contributed by atoms with van der Waals surface area (Å²) in [6, 6.07) is 6.92. The Morgan fingerprint density at radius 2 is 2.21 bits per heavy atom. The molecule has 0 aliphatic carbocycles. The molecule has 1 fully saturated rings. The lowest BCUT2D eigenvalue weighted by Crippen LogP contribution is -2.35. The summed E-state index contributed by atoms with van der Waals surface area (Å²) in [4.78, 5) is 0. The monoisotopic (exact) mass is 270 g/mol. The zero-order valence-corrected chi connectivity index (χ0v) is 10.9. The van der Waals surface area contributed by atoms with E-state index in [4.69, 9.17) is 0 Å². The van der Waals surface area contributed by atoms with Crippen molar-refractivity contribution in [3.8, 4) is 5.75 Å². The fraction of sp³-hybridized carbons (Fsp3) is 0.571. The largest absolute Gasteiger partial charge is 0.434 e. The van der Waals surface area contributed by atoms with E-state index in [1.54, 1.807) is 12.1 Å². The molecule has 1 aromatic rings. The molecular weight excluding hydrogens is 250 g/mol. The third kappa shape index (κ3) is 4.76. The van der Waals surface area contributed by atoms with Crippen LogP contribution in [0.4, 0.5) is 8.78 Å². The molecule has 0 saturated carbocycles. The summed E-state index contributed by atoms with van der Waals surface area (Å²) in [6.07, 6.45) is 2.42. The van der Waals surface area contributed by atoms with Crippen LogP contribution >= 0.6 is 0 Å². The second-order valence-electron chi connectivity index (χ2n) is 4.83. The Labute approximate surface area is 112 Å². The summed E-state index contributed by atoms with van der Waals surface area (Å²) in [5.41, 5.74) is 0.770. The predicted octanol–water partition coefficient (Wildman–Crippen LogP) is 2.38. The Morgan fingerprint density at radius 3 is 2.95 bits per heavy atom. The predicted molar refractivity (Wildman–Crippen MR) is 70.4 cm³/mol. The molecule has 1 aliphatic rings. The topological polar surface area (TPSA) is 33.3 Å². The summed E-state index contributed by atoms with van der Waals surface area (Å²) < 4.78 is 29.0. The molecule has 1 aromatic carbocycles. The maximum atomic E-state index is 12.3. The number of hydrogen-bond donors (Lipinski definition) is 2. The minimum absolute atomic E-state index is 0.256. The summed E-state index contributed by atoms with van der Waals surface area (Å²) in [5.74, 6) is 0.878. The number of halogens is 2. The van der Waals surface area contributed by atoms with E-state index in [0.717, 1.165) is 25.2 Å². The maximum Gasteiger partial charge on any atom is 0.387 e. The van der Waals surface area contributed by atoms with Crippen molar-refractivity contribution in [3.05, 3.63) is 29.8 Å². The number of rotatable bonds is 6. The number of benzene rings is 1. The van der Waals surface area contributed by atoms with Crippen molar-refractivity contribution in [2.75, 3.05) is 19.6 Å². The number of piperidine rings is 1. The van der Waals surface area contributed by atoms with Crippen LogP contribution in [0.3, 0.4) is 0 Å². The molecule has 1 atom stereocenters. The van der Waals surface area contributed by atoms with Gasteiger partial charge in [-0.15, -0.1) is 0 Å². The third-order valence-electron chi connectivity index (χ3n) is 3.34. The van der Waals surface area contributed by atoms with Crippen LogP contribution in [0.25, 0.3) is 0 Å². The van der Waals surface area contributed by atoms with Crippen LogP contribution in [-0.2, 0) is 6.54 Å². The Morgan fingerprint density at radius 1 is 1.37 bits per heavy atom. The van der Waals surface area contributed by atoms with Crippen LogP contribution in [0.1, 0.15) is 18.4 Å². The van der Waals surface area contributed by atoms with Gasteiger partial charge < -0.3 is 15.4 Å². The van der Waals surface area contributed by atoms with Gasteiger partial charge in [-0.25, -0.2) is 0 Å². The first-order valence-corrected chi connectivity index (χ1v) is 6.70. The zero-order valence-electron chi connectivity index (χ0n) is 10.9. The van der Waals surface area contributed by atoms with Crippen LogP contribution in [0.5, 0.6) is 5.75 Å². The van der Waals surface area contributed by atoms with E-state index in [-0.39, 0.29) is 5.75 Å². The van der Waals surface area contributed by atoms with E-state index in [1.807, 2.05) is 12.1 Å². The SMILES string of the molecule is FC(F)Oc1ccccc1CNCC1CCCNC1. The van der Waals surface area contributed by atoms with Crippen LogP contribution in [0.2, 0.25) is 0 Å². The van der Waals surface area contributed by atoms with Crippen molar-refractivity contribution in [1.82, 2.24) is 10.6 Å². The van der Waals surface area contributed by atoms with Crippen molar-refractivity contribution in [1.29, 1.82) is 0 Å². The molecule has 106 valence electrons. The number of hydrogen-bond acceptors (Lipinski definition) is 3. The number of ether oxygens (including phenoxy) is 1. The molecule has 0 bridgehead atoms. The summed E-state index contributed by atoms with van der Waals surface area (Å²) >= 11 is 0. The molecule has 2 rings (SSSR count). The van der Waals surface area contributed by atoms with Gasteiger partial charge in [-0.3, -0.25) is 0 Å². The lowest BCUT2D eigenvalue weighted by atomic mass is 10.00. The minimum atomic E-state index is -2.77. The molecule has 1 aliphatic heterocycles. The first-order chi connectivity index (χ1) is 9.25. The van der Waals surface area contributed by atoms with Gasteiger partial charge in [0.15, 0.2) is 0 Å². The van der Waals surface area contributed by atoms with Gasteiger partial charge in [0.2, 0.25) is 0 Å². The highest BCUT2D eigenvalue weighted by atomic mass is 19.3. The van der Waals surface area contributed by atoms with Gasteiger partial charge in [-0.2, -0.15) is 8.78 Å². The Kier molecular flexibility index (Phi) is 5.54. The molecule has 3 nitrogen and oxygen atoms in total. The van der Waals surface area contributed by atoms with Crippen molar-refractivity contribution in [2.45, 2.75) is 26.0 Å². The van der Waals surface area contributed by atoms with Crippen LogP contribution < -0.4 is 15.4 Å². The van der Waals surface area contributed by atoms with Gasteiger partial charge >= 0.3 is 6.61 Å². The van der Waals surface area contributed by atoms with Gasteiger partial charge in [0, 0.05) is 12.1 Å². The van der Waals surface area contributed by atoms with Crippen molar-refractivity contribution in [2.24, 2.45) is 5.92 Å². The number of para-hydroxylation sites is 1. The second kappa shape index (κ2) is 7.40. The molecule has 0 aromatic heterocycles. The first-order valence-electron chi connectivity index (χ1n) is 6.70. The van der Waals surface area contributed by atoms with E-state index < -0.39 is 6.61 Å². The van der Waals surface area contributed by atoms with Gasteiger partial charge in [0.1, 0.15) is 5.75 Å². The highest BCUT2D eigenvalue weighted by Gasteiger charge is 2.13. The lowest BCUT2D eigenvalue weighted by Gasteiger charge is -2.23. The Hall–Kier alpha value is -1.20. The van der Waals surface area contributed by atoms with E-state index >= 15 is 0 Å². The average molecular weight is 270 g/mol. The number of nitrogens with one attached hydrogen (secondary N) is 2. The smallest absolute Gasteiger partial charge is 0.387 e. The standard InChI is InChI=1S/C14H20F2N2O/c15-14(16)19-13-6-2-1-5-12(13)10-18-9-11-4-3-7-17-8-11/h1-2,5-6,11,14,17-18H,3-4,7-10H2. The average Bonchev–Trinajstić information content (AvgIpc) is 2.41. The van der Waals surface area contributed by atoms with E-state index in [1.165, 1.54) is 12.8 Å². The van der Waals surface area contributed by atoms with Crippen molar-refractivity contribution < 1.29 is 13.5 Å². The number of alkyl halides is 2. The minimum Gasteiger partial charge on any atom is -0.434 e. The molecule has 0 radical (unpaired) electrons. The van der Waals surface area contributed by atoms with Gasteiger partial charge in [-0.05, 0) is 44.5 Å². The molecule has 5 heteroatoms. The maximum absolute atomic E-state index is 12.3. The van der Waals surface area contributed by atoms with E-state index in [9.17, 15) is 8.78 Å². The highest BCUT2D eigenvalue weighted by Crippen LogP contribution is 2.20. The second-order valence-corrected chi connectivity index (χ2v) is 4.83. The Balaban J connectivity index is 1.81. The molecule has 1 saturated heterocycles. The van der Waals surface area contributed by atoms with Crippen LogP contribution in [-0.4, -0.2) is 26.2 Å². The molecular formula is C14H20F2N2O. The molecule has 2 N–H and O–H groups in total. The molecule has 0 amide bonds. The van der Waals surface area contributed by atoms with Gasteiger partial charge in [0.25, 0.3) is 0 Å². The van der Waals surface area contributed by atoms with Crippen molar-refractivity contribution in [3.63, 3.8) is 0 Å². The summed E-state index contributed by atoms with van der Waals surface area (Å²) in [6.45, 7) is 0.808. The highest BCUT2D eigenvalue weighted by molar-refractivity contribution is 5.33. The third-order valence-corrected chi connectivity index (χ3v) is 3.34. The Bertz CT molecular complexity index is 381. The quantitative estimate of drug-likeness (QED) is 0.832. The van der Waals surface area contributed by atoms with Crippen molar-refractivity contribution >= 4 is 0 Å². The lowest BCUT2D eigenvalue weighted by molar-refractivity contribution is -0.0505. The molecule has 0 spiro atoms. The normalized spacial score (nSPS) is 19.6. The fourth-order valence-corrected chi connectivity index (χ4v) is 2.37. The molecule has 19 heavy (non-hydrogen) atoms. The van der Waals surface area contributed by atoms with Gasteiger partial charge in [0.05, 0.1) is 0 Å². The van der Waals surface area contributed by atoms with Crippen LogP contribution in [0.15, 0.2) is 24.3 Å².